The van der Waals surface area contributed by atoms with Gasteiger partial charge < -0.3 is 19.5 Å². The van der Waals surface area contributed by atoms with Crippen molar-refractivity contribution in [1.29, 1.82) is 0 Å². The smallest absolute Gasteiger partial charge is 0.265 e. The van der Waals surface area contributed by atoms with E-state index in [2.05, 4.69) is 5.32 Å². The Kier molecular flexibility index (Phi) is 5.94. The Hall–Kier alpha value is -3.47. The summed E-state index contributed by atoms with van der Waals surface area (Å²) in [6.07, 6.45) is -0.640. The second kappa shape index (κ2) is 8.76. The fourth-order valence-electron chi connectivity index (χ4n) is 2.39. The first-order valence-corrected chi connectivity index (χ1v) is 8.58. The van der Waals surface area contributed by atoms with Gasteiger partial charge in [0, 0.05) is 5.69 Å². The Balaban J connectivity index is 1.54. The molecule has 0 aliphatic heterocycles. The van der Waals surface area contributed by atoms with Crippen molar-refractivity contribution in [3.63, 3.8) is 0 Å². The Morgan fingerprint density at radius 3 is 1.96 bits per heavy atom. The van der Waals surface area contributed by atoms with Gasteiger partial charge in [-0.1, -0.05) is 18.2 Å². The Labute approximate surface area is 158 Å². The molecule has 5 heteroatoms. The summed E-state index contributed by atoms with van der Waals surface area (Å²) < 4.78 is 16.5. The van der Waals surface area contributed by atoms with Crippen LogP contribution in [0.25, 0.3) is 0 Å². The molecule has 1 N–H and O–H groups in total. The lowest BCUT2D eigenvalue weighted by Gasteiger charge is -2.15. The molecule has 3 aromatic carbocycles. The summed E-state index contributed by atoms with van der Waals surface area (Å²) in [6, 6.07) is 23.8. The summed E-state index contributed by atoms with van der Waals surface area (Å²) in [6.45, 7) is 1.70. The molecule has 3 rings (SSSR count). The molecule has 0 bridgehead atoms. The number of benzene rings is 3. The topological polar surface area (TPSA) is 56.8 Å². The maximum Gasteiger partial charge on any atom is 0.265 e. The van der Waals surface area contributed by atoms with Gasteiger partial charge in [0.15, 0.2) is 6.10 Å². The van der Waals surface area contributed by atoms with E-state index in [-0.39, 0.29) is 5.91 Å². The standard InChI is InChI=1S/C22H21NO4/c1-16(26-20-14-12-18(25-2)13-15-20)22(24)23-17-8-10-21(11-9-17)27-19-6-4-3-5-7-19/h3-16H,1-2H3,(H,23,24)/t16-/m0/s1. The highest BCUT2D eigenvalue weighted by molar-refractivity contribution is 5.94. The molecule has 0 unspecified atom stereocenters. The van der Waals surface area contributed by atoms with E-state index in [4.69, 9.17) is 14.2 Å². The van der Waals surface area contributed by atoms with Crippen molar-refractivity contribution in [3.05, 3.63) is 78.9 Å². The van der Waals surface area contributed by atoms with Crippen LogP contribution in [0.1, 0.15) is 6.92 Å². The first kappa shape index (κ1) is 18.3. The molecule has 0 aromatic heterocycles. The summed E-state index contributed by atoms with van der Waals surface area (Å²) in [5.74, 6) is 2.56. The molecule has 0 aliphatic rings. The molecule has 1 amide bonds. The second-order valence-corrected chi connectivity index (χ2v) is 5.86. The lowest BCUT2D eigenvalue weighted by molar-refractivity contribution is -0.122. The van der Waals surface area contributed by atoms with E-state index in [1.165, 1.54) is 0 Å². The minimum Gasteiger partial charge on any atom is -0.497 e. The van der Waals surface area contributed by atoms with Crippen LogP contribution >= 0.6 is 0 Å². The van der Waals surface area contributed by atoms with E-state index >= 15 is 0 Å². The summed E-state index contributed by atoms with van der Waals surface area (Å²) in [4.78, 5) is 12.3. The molecule has 27 heavy (non-hydrogen) atoms. The number of anilines is 1. The lowest BCUT2D eigenvalue weighted by Crippen LogP contribution is -2.30. The van der Waals surface area contributed by atoms with Crippen LogP contribution in [0.3, 0.4) is 0 Å². The van der Waals surface area contributed by atoms with Crippen LogP contribution < -0.4 is 19.5 Å². The predicted octanol–water partition coefficient (Wildman–Crippen LogP) is 4.89. The van der Waals surface area contributed by atoms with Crippen molar-refractivity contribution in [3.8, 4) is 23.0 Å². The van der Waals surface area contributed by atoms with Gasteiger partial charge in [-0.25, -0.2) is 0 Å². The normalized spacial score (nSPS) is 11.3. The number of hydrogen-bond acceptors (Lipinski definition) is 4. The summed E-state index contributed by atoms with van der Waals surface area (Å²) in [5.41, 5.74) is 0.672. The number of carbonyl (C=O) groups is 1. The van der Waals surface area contributed by atoms with Gasteiger partial charge in [-0.3, -0.25) is 4.79 Å². The molecular formula is C22H21NO4. The van der Waals surface area contributed by atoms with Crippen molar-refractivity contribution in [2.24, 2.45) is 0 Å². The van der Waals surface area contributed by atoms with Gasteiger partial charge in [-0.2, -0.15) is 0 Å². The Morgan fingerprint density at radius 1 is 0.778 bits per heavy atom. The molecule has 0 saturated carbocycles. The van der Waals surface area contributed by atoms with E-state index in [9.17, 15) is 4.79 Å². The SMILES string of the molecule is COc1ccc(O[C@@H](C)C(=O)Nc2ccc(Oc3ccccc3)cc2)cc1. The van der Waals surface area contributed by atoms with Gasteiger partial charge in [-0.05, 0) is 67.6 Å². The highest BCUT2D eigenvalue weighted by Gasteiger charge is 2.15. The maximum absolute atomic E-state index is 12.3. The molecule has 0 saturated heterocycles. The summed E-state index contributed by atoms with van der Waals surface area (Å²) in [5, 5.41) is 2.83. The third-order valence-electron chi connectivity index (χ3n) is 3.84. The van der Waals surface area contributed by atoms with Crippen molar-refractivity contribution < 1.29 is 19.0 Å². The van der Waals surface area contributed by atoms with Gasteiger partial charge in [0.1, 0.15) is 23.0 Å². The molecule has 138 valence electrons. The third-order valence-corrected chi connectivity index (χ3v) is 3.84. The van der Waals surface area contributed by atoms with Gasteiger partial charge in [-0.15, -0.1) is 0 Å². The molecule has 0 radical (unpaired) electrons. The van der Waals surface area contributed by atoms with Crippen LogP contribution in [0.4, 0.5) is 5.69 Å². The number of carbonyl (C=O) groups excluding carboxylic acids is 1. The molecule has 0 fully saturated rings. The lowest BCUT2D eigenvalue weighted by atomic mass is 10.2. The quantitative estimate of drug-likeness (QED) is 0.649. The Bertz CT molecular complexity index is 861. The molecule has 3 aromatic rings. The molecule has 5 nitrogen and oxygen atoms in total. The number of methoxy groups -OCH3 is 1. The van der Waals surface area contributed by atoms with Crippen LogP contribution in [0.2, 0.25) is 0 Å². The van der Waals surface area contributed by atoms with Crippen LogP contribution in [0.15, 0.2) is 78.9 Å². The number of rotatable bonds is 7. The number of hydrogen-bond donors (Lipinski definition) is 1. The maximum atomic E-state index is 12.3. The number of para-hydroxylation sites is 1. The highest BCUT2D eigenvalue weighted by Crippen LogP contribution is 2.23. The minimum atomic E-state index is -0.640. The van der Waals surface area contributed by atoms with Crippen LogP contribution in [0.5, 0.6) is 23.0 Å². The number of ether oxygens (including phenoxy) is 3. The zero-order valence-corrected chi connectivity index (χ0v) is 15.2. The second-order valence-electron chi connectivity index (χ2n) is 5.86. The van der Waals surface area contributed by atoms with Gasteiger partial charge in [0.2, 0.25) is 0 Å². The van der Waals surface area contributed by atoms with Gasteiger partial charge in [0.05, 0.1) is 7.11 Å². The zero-order chi connectivity index (χ0) is 19.1. The fourth-order valence-corrected chi connectivity index (χ4v) is 2.39. The molecule has 0 heterocycles. The number of amides is 1. The van der Waals surface area contributed by atoms with E-state index in [0.717, 1.165) is 11.5 Å². The molecular weight excluding hydrogens is 342 g/mol. The van der Waals surface area contributed by atoms with Crippen molar-refractivity contribution in [2.45, 2.75) is 13.0 Å². The van der Waals surface area contributed by atoms with E-state index in [0.29, 0.717) is 17.2 Å². The Morgan fingerprint density at radius 2 is 1.33 bits per heavy atom. The van der Waals surface area contributed by atoms with Gasteiger partial charge in [0.25, 0.3) is 5.91 Å². The van der Waals surface area contributed by atoms with Crippen molar-refractivity contribution >= 4 is 11.6 Å². The fraction of sp³-hybridized carbons (Fsp3) is 0.136. The molecule has 0 spiro atoms. The number of nitrogens with one attached hydrogen (secondary N) is 1. The largest absolute Gasteiger partial charge is 0.497 e. The first-order valence-electron chi connectivity index (χ1n) is 8.58. The van der Waals surface area contributed by atoms with E-state index < -0.39 is 6.10 Å². The molecule has 1 atom stereocenters. The molecule has 0 aliphatic carbocycles. The van der Waals surface area contributed by atoms with Gasteiger partial charge >= 0.3 is 0 Å². The average Bonchev–Trinajstić information content (AvgIpc) is 2.71. The zero-order valence-electron chi connectivity index (χ0n) is 15.2. The average molecular weight is 363 g/mol. The van der Waals surface area contributed by atoms with E-state index in [1.54, 1.807) is 62.6 Å². The first-order chi connectivity index (χ1) is 13.1. The summed E-state index contributed by atoms with van der Waals surface area (Å²) >= 11 is 0. The van der Waals surface area contributed by atoms with Crippen molar-refractivity contribution in [1.82, 2.24) is 0 Å². The minimum absolute atomic E-state index is 0.234. The van der Waals surface area contributed by atoms with E-state index in [1.807, 2.05) is 30.3 Å². The summed E-state index contributed by atoms with van der Waals surface area (Å²) in [7, 11) is 1.60. The van der Waals surface area contributed by atoms with Crippen molar-refractivity contribution in [2.75, 3.05) is 12.4 Å². The third kappa shape index (κ3) is 5.25. The monoisotopic (exact) mass is 363 g/mol. The van der Waals surface area contributed by atoms with Crippen LogP contribution in [-0.4, -0.2) is 19.1 Å². The van der Waals surface area contributed by atoms with Crippen LogP contribution in [0, 0.1) is 0 Å². The predicted molar refractivity (Wildman–Crippen MR) is 105 cm³/mol. The highest BCUT2D eigenvalue weighted by atomic mass is 16.5. The van der Waals surface area contributed by atoms with Crippen LogP contribution in [-0.2, 0) is 4.79 Å².